The highest BCUT2D eigenvalue weighted by molar-refractivity contribution is 5.80. The first-order valence-corrected chi connectivity index (χ1v) is 9.71. The van der Waals surface area contributed by atoms with E-state index in [1.807, 2.05) is 25.2 Å². The van der Waals surface area contributed by atoms with Gasteiger partial charge in [-0.1, -0.05) is 18.2 Å². The van der Waals surface area contributed by atoms with E-state index in [2.05, 4.69) is 50.9 Å². The zero-order valence-corrected chi connectivity index (χ0v) is 16.9. The van der Waals surface area contributed by atoms with Gasteiger partial charge in [-0.05, 0) is 48.7 Å². The number of para-hydroxylation sites is 1. The number of rotatable bonds is 7. The molecule has 1 aliphatic heterocycles. The van der Waals surface area contributed by atoms with Gasteiger partial charge in [0.25, 0.3) is 0 Å². The molecule has 1 fully saturated rings. The van der Waals surface area contributed by atoms with Crippen LogP contribution in [0.5, 0.6) is 11.5 Å². The fourth-order valence-corrected chi connectivity index (χ4v) is 3.53. The zero-order chi connectivity index (χ0) is 19.8. The van der Waals surface area contributed by atoms with E-state index < -0.39 is 0 Å². The number of nitrogens with one attached hydrogen (secondary N) is 2. The molecule has 28 heavy (non-hydrogen) atoms. The Morgan fingerprint density at radius 2 is 1.96 bits per heavy atom. The highest BCUT2D eigenvalue weighted by Crippen LogP contribution is 2.24. The largest absolute Gasteiger partial charge is 0.497 e. The first kappa shape index (κ1) is 19.9. The molecule has 1 atom stereocenters. The van der Waals surface area contributed by atoms with Crippen molar-refractivity contribution in [3.05, 3.63) is 54.1 Å². The molecule has 0 bridgehead atoms. The summed E-state index contributed by atoms with van der Waals surface area (Å²) in [6.07, 6.45) is 1.92. The molecule has 0 aliphatic carbocycles. The van der Waals surface area contributed by atoms with Crippen molar-refractivity contribution in [2.24, 2.45) is 4.99 Å². The molecule has 1 saturated heterocycles. The fraction of sp³-hybridized carbons (Fsp3) is 0.409. The van der Waals surface area contributed by atoms with Gasteiger partial charge < -0.3 is 25.0 Å². The molecule has 6 nitrogen and oxygen atoms in total. The van der Waals surface area contributed by atoms with E-state index in [0.29, 0.717) is 6.04 Å². The summed E-state index contributed by atoms with van der Waals surface area (Å²) in [4.78, 5) is 6.79. The first-order chi connectivity index (χ1) is 13.7. The highest BCUT2D eigenvalue weighted by Gasteiger charge is 2.23. The number of guanidine groups is 1. The van der Waals surface area contributed by atoms with E-state index in [1.165, 1.54) is 5.69 Å². The predicted molar refractivity (Wildman–Crippen MR) is 115 cm³/mol. The molecular formula is C22H30N4O2. The summed E-state index contributed by atoms with van der Waals surface area (Å²) in [6, 6.07) is 16.8. The summed E-state index contributed by atoms with van der Waals surface area (Å²) < 4.78 is 10.8. The highest BCUT2D eigenvalue weighted by atomic mass is 16.5. The molecule has 0 saturated carbocycles. The lowest BCUT2D eigenvalue weighted by atomic mass is 10.1. The number of anilines is 1. The number of benzene rings is 2. The van der Waals surface area contributed by atoms with Gasteiger partial charge >= 0.3 is 0 Å². The van der Waals surface area contributed by atoms with Crippen LogP contribution in [0.2, 0.25) is 0 Å². The summed E-state index contributed by atoms with van der Waals surface area (Å²) in [5, 5.41) is 6.96. The Morgan fingerprint density at radius 3 is 2.68 bits per heavy atom. The molecule has 2 aromatic rings. The number of hydrogen-bond donors (Lipinski definition) is 2. The van der Waals surface area contributed by atoms with Crippen LogP contribution in [0.15, 0.2) is 53.5 Å². The second-order valence-corrected chi connectivity index (χ2v) is 6.84. The van der Waals surface area contributed by atoms with Crippen molar-refractivity contribution in [3.63, 3.8) is 0 Å². The Bertz CT molecular complexity index is 779. The van der Waals surface area contributed by atoms with Gasteiger partial charge in [0.15, 0.2) is 5.96 Å². The molecule has 150 valence electrons. The van der Waals surface area contributed by atoms with E-state index in [4.69, 9.17) is 9.47 Å². The maximum absolute atomic E-state index is 5.46. The zero-order valence-electron chi connectivity index (χ0n) is 16.9. The molecule has 1 unspecified atom stereocenters. The summed E-state index contributed by atoms with van der Waals surface area (Å²) in [7, 11) is 5.18. The van der Waals surface area contributed by atoms with Gasteiger partial charge in [0, 0.05) is 38.4 Å². The van der Waals surface area contributed by atoms with Crippen LogP contribution >= 0.6 is 0 Å². The number of nitrogens with zero attached hydrogens (tertiary/aromatic N) is 2. The van der Waals surface area contributed by atoms with E-state index >= 15 is 0 Å². The van der Waals surface area contributed by atoms with Crippen LogP contribution in [0.3, 0.4) is 0 Å². The topological polar surface area (TPSA) is 58.1 Å². The lowest BCUT2D eigenvalue weighted by Gasteiger charge is -2.20. The normalized spacial score (nSPS) is 16.8. The van der Waals surface area contributed by atoms with Crippen LogP contribution in [-0.4, -0.2) is 52.9 Å². The Labute approximate surface area is 167 Å². The fourth-order valence-electron chi connectivity index (χ4n) is 3.53. The van der Waals surface area contributed by atoms with E-state index in [0.717, 1.165) is 55.5 Å². The average Bonchev–Trinajstić information content (AvgIpc) is 3.22. The number of methoxy groups -OCH3 is 2. The second kappa shape index (κ2) is 9.88. The third-order valence-electron chi connectivity index (χ3n) is 5.05. The molecule has 2 N–H and O–H groups in total. The standard InChI is InChI=1S/C22H30N4O2/c1-23-22(24-13-11-17-15-20(27-2)9-10-21(17)28-3)25-18-12-14-26(16-18)19-7-5-4-6-8-19/h4-10,15,18H,11-14,16H2,1-3H3,(H2,23,24,25). The van der Waals surface area contributed by atoms with E-state index in [9.17, 15) is 0 Å². The second-order valence-electron chi connectivity index (χ2n) is 6.84. The van der Waals surface area contributed by atoms with Crippen LogP contribution in [0, 0.1) is 0 Å². The summed E-state index contributed by atoms with van der Waals surface area (Å²) in [6.45, 7) is 2.80. The molecule has 0 amide bonds. The molecule has 1 heterocycles. The van der Waals surface area contributed by atoms with E-state index in [1.54, 1.807) is 14.2 Å². The Morgan fingerprint density at radius 1 is 1.14 bits per heavy atom. The molecule has 2 aromatic carbocycles. The minimum atomic E-state index is 0.387. The van der Waals surface area contributed by atoms with E-state index in [-0.39, 0.29) is 0 Å². The maximum atomic E-state index is 5.46. The van der Waals surface area contributed by atoms with Crippen molar-refractivity contribution in [1.82, 2.24) is 10.6 Å². The van der Waals surface area contributed by atoms with Gasteiger partial charge in [-0.2, -0.15) is 0 Å². The van der Waals surface area contributed by atoms with Gasteiger partial charge in [0.2, 0.25) is 0 Å². The molecule has 0 aromatic heterocycles. The molecule has 1 aliphatic rings. The predicted octanol–water partition coefficient (Wildman–Crippen LogP) is 2.69. The average molecular weight is 383 g/mol. The summed E-state index contributed by atoms with van der Waals surface area (Å²) in [5.74, 6) is 2.55. The minimum absolute atomic E-state index is 0.387. The minimum Gasteiger partial charge on any atom is -0.497 e. The Kier molecular flexibility index (Phi) is 7.00. The molecule has 6 heteroatoms. The maximum Gasteiger partial charge on any atom is 0.191 e. The van der Waals surface area contributed by atoms with Crippen molar-refractivity contribution in [3.8, 4) is 11.5 Å². The molecule has 0 radical (unpaired) electrons. The Balaban J connectivity index is 1.49. The lowest BCUT2D eigenvalue weighted by Crippen LogP contribution is -2.45. The van der Waals surface area contributed by atoms with Crippen molar-refractivity contribution in [2.45, 2.75) is 18.9 Å². The van der Waals surface area contributed by atoms with Gasteiger partial charge in [-0.25, -0.2) is 0 Å². The third kappa shape index (κ3) is 5.09. The monoisotopic (exact) mass is 382 g/mol. The number of ether oxygens (including phenoxy) is 2. The number of hydrogen-bond acceptors (Lipinski definition) is 4. The van der Waals surface area contributed by atoms with Gasteiger partial charge in [0.05, 0.1) is 14.2 Å². The Hall–Kier alpha value is -2.89. The van der Waals surface area contributed by atoms with Gasteiger partial charge in [0.1, 0.15) is 11.5 Å². The van der Waals surface area contributed by atoms with Gasteiger partial charge in [-0.3, -0.25) is 4.99 Å². The molecule has 3 rings (SSSR count). The first-order valence-electron chi connectivity index (χ1n) is 9.71. The molecule has 0 spiro atoms. The van der Waals surface area contributed by atoms with Crippen LogP contribution in [0.4, 0.5) is 5.69 Å². The van der Waals surface area contributed by atoms with Crippen molar-refractivity contribution < 1.29 is 9.47 Å². The molecular weight excluding hydrogens is 352 g/mol. The van der Waals surface area contributed by atoms with Crippen LogP contribution in [0.25, 0.3) is 0 Å². The van der Waals surface area contributed by atoms with Crippen molar-refractivity contribution >= 4 is 11.6 Å². The smallest absolute Gasteiger partial charge is 0.191 e. The summed E-state index contributed by atoms with van der Waals surface area (Å²) >= 11 is 0. The van der Waals surface area contributed by atoms with Gasteiger partial charge in [-0.15, -0.1) is 0 Å². The van der Waals surface area contributed by atoms with Crippen molar-refractivity contribution in [1.29, 1.82) is 0 Å². The quantitative estimate of drug-likeness (QED) is 0.570. The lowest BCUT2D eigenvalue weighted by molar-refractivity contribution is 0.398. The summed E-state index contributed by atoms with van der Waals surface area (Å²) in [5.41, 5.74) is 2.39. The van der Waals surface area contributed by atoms with Crippen LogP contribution in [0.1, 0.15) is 12.0 Å². The third-order valence-corrected chi connectivity index (χ3v) is 5.05. The van der Waals surface area contributed by atoms with Crippen LogP contribution < -0.4 is 25.0 Å². The van der Waals surface area contributed by atoms with Crippen LogP contribution in [-0.2, 0) is 6.42 Å². The number of aliphatic imine (C=N–C) groups is 1. The van der Waals surface area contributed by atoms with Crippen molar-refractivity contribution in [2.75, 3.05) is 45.8 Å². The SMILES string of the molecule is CN=C(NCCc1cc(OC)ccc1OC)NC1CCN(c2ccccc2)C1.